The molecule has 0 radical (unpaired) electrons. The summed E-state index contributed by atoms with van der Waals surface area (Å²) in [6.07, 6.45) is 3.59. The molecule has 16 nitrogen and oxygen atoms in total. The largest absolute Gasteiger partial charge is 1.00 e. The zero-order valence-corrected chi connectivity index (χ0v) is 37.6. The van der Waals surface area contributed by atoms with Crippen LogP contribution in [0.5, 0.6) is 0 Å². The number of hydrogen-bond donors (Lipinski definition) is 2. The molecule has 0 spiro atoms. The molecule has 24 heteroatoms. The maximum Gasteiger partial charge on any atom is 1.00 e. The molecule has 5 heterocycles. The summed E-state index contributed by atoms with van der Waals surface area (Å²) in [6.45, 7) is 0. The molecule has 0 saturated carbocycles. The van der Waals surface area contributed by atoms with E-state index in [1.165, 1.54) is 24.3 Å². The van der Waals surface area contributed by atoms with Crippen LogP contribution in [0.2, 0.25) is 0 Å². The van der Waals surface area contributed by atoms with Gasteiger partial charge >= 0.3 is 118 Å². The number of rotatable bonds is 5. The standard InChI is InChI=1S/C26H18N4O12S4.4Na/c31-43(32,33)23-15-6-7-16(27-15)24(44(34,35)36)18-10-11-20(29-18)26(46(40,41)42)22-14(13-4-2-1-3-5-13)12-21(30-22)25(45(37,38)39)19-9-8-17(23)28-19;;;;/h1-12,27,30H,(H,31,32,33)(H,34,35,36)(H,37,38,39)(H,40,41,42);;;;/q;4*+1/p-4. The van der Waals surface area contributed by atoms with E-state index in [1.54, 1.807) is 6.07 Å². The first kappa shape index (κ1) is 45.6. The van der Waals surface area contributed by atoms with Crippen LogP contribution in [-0.2, 0) is 40.5 Å². The number of H-pyrrole nitrogens is 2. The summed E-state index contributed by atoms with van der Waals surface area (Å²) in [4.78, 5) is 8.22. The van der Waals surface area contributed by atoms with Crippen LogP contribution in [0.1, 0.15) is 22.8 Å². The van der Waals surface area contributed by atoms with Gasteiger partial charge in [-0.1, -0.05) is 30.3 Å². The van der Waals surface area contributed by atoms with E-state index in [0.717, 1.165) is 42.5 Å². The minimum atomic E-state index is -5.55. The van der Waals surface area contributed by atoms with Crippen molar-refractivity contribution in [2.75, 3.05) is 0 Å². The fraction of sp³-hybridized carbons (Fsp3) is 0. The molecule has 0 fully saturated rings. The van der Waals surface area contributed by atoms with Crippen molar-refractivity contribution in [2.24, 2.45) is 0 Å². The Balaban J connectivity index is 0.00000217. The van der Waals surface area contributed by atoms with Gasteiger partial charge in [-0.15, -0.1) is 0 Å². The third kappa shape index (κ3) is 9.04. The first-order chi connectivity index (χ1) is 21.3. The van der Waals surface area contributed by atoms with Crippen molar-refractivity contribution in [2.45, 2.75) is 19.6 Å². The molecule has 0 amide bonds. The van der Waals surface area contributed by atoms with Gasteiger partial charge in [-0.3, -0.25) is 0 Å². The molecular weight excluding hydrogens is 781 g/mol. The van der Waals surface area contributed by atoms with Crippen molar-refractivity contribution in [1.29, 1.82) is 0 Å². The van der Waals surface area contributed by atoms with E-state index in [-0.39, 0.29) is 129 Å². The average molecular weight is 795 g/mol. The van der Waals surface area contributed by atoms with Crippen LogP contribution in [0.4, 0.5) is 0 Å². The molecule has 0 aliphatic carbocycles. The second kappa shape index (κ2) is 16.4. The summed E-state index contributed by atoms with van der Waals surface area (Å²) in [5.41, 5.74) is -4.92. The Morgan fingerprint density at radius 2 is 0.820 bits per heavy atom. The number of benzene rings is 1. The molecule has 8 bridgehead atoms. The molecule has 2 N–H and O–H groups in total. The normalized spacial score (nSPS) is 12.6. The van der Waals surface area contributed by atoms with E-state index in [0.29, 0.717) is 0 Å². The zero-order valence-electron chi connectivity index (χ0n) is 26.4. The van der Waals surface area contributed by atoms with Crippen LogP contribution >= 0.6 is 0 Å². The summed E-state index contributed by atoms with van der Waals surface area (Å²) in [7, 11) is -22.0. The summed E-state index contributed by atoms with van der Waals surface area (Å²) in [5, 5.41) is 0. The van der Waals surface area contributed by atoms with Gasteiger partial charge < -0.3 is 28.2 Å². The molecule has 50 heavy (non-hydrogen) atoms. The van der Waals surface area contributed by atoms with Gasteiger partial charge in [0.15, 0.2) is 0 Å². The smallest absolute Gasteiger partial charge is 0.744 e. The number of fused-ring (bicyclic) bond motifs is 8. The third-order valence-electron chi connectivity index (χ3n) is 6.76. The molecular formula is C26H14N4Na4O12S4. The van der Waals surface area contributed by atoms with Crippen molar-refractivity contribution in [3.8, 4) is 11.1 Å². The maximum atomic E-state index is 12.8. The summed E-state index contributed by atoms with van der Waals surface area (Å²) < 4.78 is 151. The van der Waals surface area contributed by atoms with E-state index in [1.807, 2.05) is 0 Å². The Labute approximate surface area is 373 Å². The van der Waals surface area contributed by atoms with Gasteiger partial charge in [0.2, 0.25) is 0 Å². The van der Waals surface area contributed by atoms with Crippen LogP contribution in [0, 0.1) is 0 Å². The van der Waals surface area contributed by atoms with Gasteiger partial charge in [-0.25, -0.2) is 43.6 Å². The topological polar surface area (TPSA) is 286 Å². The van der Waals surface area contributed by atoms with Crippen molar-refractivity contribution in [3.63, 3.8) is 0 Å². The molecule has 2 aliphatic heterocycles. The van der Waals surface area contributed by atoms with Crippen molar-refractivity contribution >= 4 is 86.8 Å². The van der Waals surface area contributed by atoms with Gasteiger partial charge in [0.25, 0.3) is 0 Å². The van der Waals surface area contributed by atoms with Crippen LogP contribution in [0.15, 0.2) is 68.1 Å². The molecule has 0 atom stereocenters. The van der Waals surface area contributed by atoms with Gasteiger partial charge in [0.1, 0.15) is 60.1 Å². The molecule has 0 saturated heterocycles. The predicted molar refractivity (Wildman–Crippen MR) is 156 cm³/mol. The number of nitrogens with zero attached hydrogens (tertiary/aromatic N) is 2. The summed E-state index contributed by atoms with van der Waals surface area (Å²) in [5.74, 6) is 0. The van der Waals surface area contributed by atoms with E-state index >= 15 is 0 Å². The van der Waals surface area contributed by atoms with E-state index in [2.05, 4.69) is 19.9 Å². The van der Waals surface area contributed by atoms with Crippen LogP contribution in [0.3, 0.4) is 0 Å². The minimum absolute atomic E-state index is 0. The molecule has 1 aromatic carbocycles. The number of hydrogen-bond acceptors (Lipinski definition) is 14. The Morgan fingerprint density at radius 1 is 0.460 bits per heavy atom. The second-order valence-corrected chi connectivity index (χ2v) is 15.0. The van der Waals surface area contributed by atoms with Gasteiger partial charge in [0, 0.05) is 5.56 Å². The third-order valence-corrected chi connectivity index (χ3v) is 10.5. The van der Waals surface area contributed by atoms with Crippen molar-refractivity contribution in [1.82, 2.24) is 19.9 Å². The van der Waals surface area contributed by atoms with Gasteiger partial charge in [0.05, 0.1) is 44.8 Å². The fourth-order valence-electron chi connectivity index (χ4n) is 5.07. The summed E-state index contributed by atoms with van der Waals surface area (Å²) >= 11 is 0. The molecule has 2 aliphatic rings. The molecule has 0 unspecified atom stereocenters. The first-order valence-corrected chi connectivity index (χ1v) is 18.1. The van der Waals surface area contributed by atoms with Crippen molar-refractivity contribution < 1.29 is 170 Å². The molecule has 4 aromatic rings. The Bertz CT molecular complexity index is 2700. The van der Waals surface area contributed by atoms with E-state index in [4.69, 9.17) is 0 Å². The fourth-order valence-corrected chi connectivity index (χ4v) is 8.12. The number of aromatic amines is 2. The SMILES string of the molecule is O=S(=O)([O-])c1c2nc(c(S(=O)(=O)[O-])c3cc(-c4ccccc4)c([nH]3)c(S(=O)(=O)[O-])c3nc(c(S(=O)(=O)[O-])c4ccc1[nH]4)C=C3)C=C2.[Na+].[Na+].[Na+].[Na+]. The Hall–Kier alpha value is -0.540. The number of nitrogens with one attached hydrogen (secondary N) is 2. The van der Waals surface area contributed by atoms with Crippen LogP contribution in [-0.4, -0.2) is 71.8 Å². The van der Waals surface area contributed by atoms with E-state index < -0.39 is 105 Å². The monoisotopic (exact) mass is 794 g/mol. The summed E-state index contributed by atoms with van der Waals surface area (Å²) in [6, 6.07) is 10.4. The van der Waals surface area contributed by atoms with Crippen molar-refractivity contribution in [3.05, 3.63) is 71.3 Å². The Morgan fingerprint density at radius 3 is 1.20 bits per heavy atom. The minimum Gasteiger partial charge on any atom is -0.744 e. The molecule has 238 valence electrons. The van der Waals surface area contributed by atoms with Crippen LogP contribution < -0.4 is 118 Å². The predicted octanol–water partition coefficient (Wildman–Crippen LogP) is -10.0. The van der Waals surface area contributed by atoms with Gasteiger partial charge in [-0.2, -0.15) is 0 Å². The Kier molecular flexibility index (Phi) is 15.0. The second-order valence-electron chi connectivity index (χ2n) is 9.69. The quantitative estimate of drug-likeness (QED) is 0.121. The molecule has 6 rings (SSSR count). The zero-order chi connectivity index (χ0) is 33.4. The average Bonchev–Trinajstić information content (AvgIpc) is 3.72. The number of aromatic nitrogens is 4. The van der Waals surface area contributed by atoms with E-state index in [9.17, 15) is 51.9 Å². The van der Waals surface area contributed by atoms with Gasteiger partial charge in [-0.05, 0) is 48.1 Å². The van der Waals surface area contributed by atoms with Crippen LogP contribution in [0.25, 0.3) is 57.5 Å². The maximum absolute atomic E-state index is 12.8. The molecule has 3 aromatic heterocycles. The first-order valence-electron chi connectivity index (χ1n) is 12.4.